The lowest BCUT2D eigenvalue weighted by Crippen LogP contribution is -2.36. The highest BCUT2D eigenvalue weighted by Gasteiger charge is 2.24. The molecule has 0 radical (unpaired) electrons. The highest BCUT2D eigenvalue weighted by atomic mass is 35.5. The standard InChI is InChI=1S/C13H19Cl2NO3S/c1-3-9(4-2)12(17)8-16-20(18,19)13-10(14)6-5-7-11(13)15/h5-7,9,12,16-17H,3-4,8H2,1-2H3. The second-order valence-electron chi connectivity index (χ2n) is 4.55. The van der Waals surface area contributed by atoms with Gasteiger partial charge in [-0.15, -0.1) is 0 Å². The third-order valence-corrected chi connectivity index (χ3v) is 5.64. The van der Waals surface area contributed by atoms with Crippen LogP contribution in [-0.2, 0) is 10.0 Å². The normalized spacial score (nSPS) is 13.7. The number of nitrogens with one attached hydrogen (secondary N) is 1. The average molecular weight is 340 g/mol. The first-order valence-electron chi connectivity index (χ1n) is 6.45. The van der Waals surface area contributed by atoms with E-state index in [9.17, 15) is 13.5 Å². The molecule has 20 heavy (non-hydrogen) atoms. The molecule has 1 aromatic rings. The lowest BCUT2D eigenvalue weighted by Gasteiger charge is -2.20. The summed E-state index contributed by atoms with van der Waals surface area (Å²) >= 11 is 11.8. The fraction of sp³-hybridized carbons (Fsp3) is 0.538. The molecule has 1 unspecified atom stereocenters. The first-order chi connectivity index (χ1) is 9.33. The van der Waals surface area contributed by atoms with E-state index in [2.05, 4.69) is 4.72 Å². The number of rotatable bonds is 7. The highest BCUT2D eigenvalue weighted by Crippen LogP contribution is 2.28. The molecule has 2 N–H and O–H groups in total. The highest BCUT2D eigenvalue weighted by molar-refractivity contribution is 7.89. The van der Waals surface area contributed by atoms with Gasteiger partial charge in [0, 0.05) is 6.54 Å². The van der Waals surface area contributed by atoms with Gasteiger partial charge in [-0.3, -0.25) is 0 Å². The number of hydrogen-bond acceptors (Lipinski definition) is 3. The summed E-state index contributed by atoms with van der Waals surface area (Å²) in [6.07, 6.45) is 0.833. The van der Waals surface area contributed by atoms with E-state index in [1.54, 1.807) is 6.07 Å². The molecule has 0 saturated carbocycles. The van der Waals surface area contributed by atoms with E-state index in [0.717, 1.165) is 12.8 Å². The van der Waals surface area contributed by atoms with Gasteiger partial charge in [0.15, 0.2) is 0 Å². The zero-order valence-electron chi connectivity index (χ0n) is 11.4. The first kappa shape index (κ1) is 17.7. The van der Waals surface area contributed by atoms with E-state index in [-0.39, 0.29) is 27.4 Å². The number of aliphatic hydroxyl groups is 1. The molecule has 114 valence electrons. The Bertz CT molecular complexity index is 524. The predicted octanol–water partition coefficient (Wildman–Crippen LogP) is 3.07. The van der Waals surface area contributed by atoms with Crippen molar-refractivity contribution in [2.75, 3.05) is 6.54 Å². The second-order valence-corrected chi connectivity index (χ2v) is 7.06. The van der Waals surface area contributed by atoms with Crippen LogP contribution in [0.5, 0.6) is 0 Å². The summed E-state index contributed by atoms with van der Waals surface area (Å²) in [5, 5.41) is 10.1. The van der Waals surface area contributed by atoms with Gasteiger partial charge in [0.25, 0.3) is 0 Å². The molecule has 0 aliphatic rings. The molecule has 0 bridgehead atoms. The van der Waals surface area contributed by atoms with Crippen LogP contribution >= 0.6 is 23.2 Å². The van der Waals surface area contributed by atoms with Gasteiger partial charge in [-0.2, -0.15) is 0 Å². The van der Waals surface area contributed by atoms with Gasteiger partial charge in [0.1, 0.15) is 4.90 Å². The van der Waals surface area contributed by atoms with Crippen molar-refractivity contribution >= 4 is 33.2 Å². The Morgan fingerprint density at radius 3 is 2.15 bits per heavy atom. The van der Waals surface area contributed by atoms with Gasteiger partial charge >= 0.3 is 0 Å². The van der Waals surface area contributed by atoms with Gasteiger partial charge in [-0.1, -0.05) is 56.0 Å². The zero-order valence-corrected chi connectivity index (χ0v) is 13.8. The van der Waals surface area contributed by atoms with Crippen molar-refractivity contribution in [3.63, 3.8) is 0 Å². The molecule has 0 heterocycles. The molecule has 0 aromatic heterocycles. The summed E-state index contributed by atoms with van der Waals surface area (Å²) in [6.45, 7) is 3.85. The number of halogens is 2. The largest absolute Gasteiger partial charge is 0.391 e. The van der Waals surface area contributed by atoms with E-state index in [4.69, 9.17) is 23.2 Å². The minimum atomic E-state index is -3.84. The minimum absolute atomic E-state index is 0.0550. The third-order valence-electron chi connectivity index (χ3n) is 3.26. The average Bonchev–Trinajstić information content (AvgIpc) is 2.37. The van der Waals surface area contributed by atoms with E-state index in [0.29, 0.717) is 0 Å². The summed E-state index contributed by atoms with van der Waals surface area (Å²) in [6, 6.07) is 4.49. The lowest BCUT2D eigenvalue weighted by molar-refractivity contribution is 0.107. The molecule has 0 spiro atoms. The van der Waals surface area contributed by atoms with Crippen molar-refractivity contribution in [2.45, 2.75) is 37.7 Å². The zero-order chi connectivity index (χ0) is 15.3. The van der Waals surface area contributed by atoms with E-state index in [1.165, 1.54) is 12.1 Å². The van der Waals surface area contributed by atoms with E-state index < -0.39 is 16.1 Å². The fourth-order valence-corrected chi connectivity index (χ4v) is 4.20. The van der Waals surface area contributed by atoms with Gasteiger partial charge < -0.3 is 5.11 Å². The quantitative estimate of drug-likeness (QED) is 0.802. The summed E-state index contributed by atoms with van der Waals surface area (Å²) in [4.78, 5) is -0.153. The first-order valence-corrected chi connectivity index (χ1v) is 8.69. The lowest BCUT2D eigenvalue weighted by atomic mass is 9.97. The predicted molar refractivity (Wildman–Crippen MR) is 81.7 cm³/mol. The molecular weight excluding hydrogens is 321 g/mol. The molecule has 0 amide bonds. The smallest absolute Gasteiger partial charge is 0.243 e. The SMILES string of the molecule is CCC(CC)C(O)CNS(=O)(=O)c1c(Cl)cccc1Cl. The Morgan fingerprint density at radius 2 is 1.70 bits per heavy atom. The van der Waals surface area contributed by atoms with Crippen molar-refractivity contribution in [1.82, 2.24) is 4.72 Å². The van der Waals surface area contributed by atoms with Gasteiger partial charge in [0.05, 0.1) is 16.1 Å². The Kier molecular flexibility index (Phi) is 6.75. The van der Waals surface area contributed by atoms with Crippen LogP contribution in [0.25, 0.3) is 0 Å². The maximum Gasteiger partial charge on any atom is 0.243 e. The van der Waals surface area contributed by atoms with Crippen LogP contribution in [0.1, 0.15) is 26.7 Å². The van der Waals surface area contributed by atoms with Crippen molar-refractivity contribution in [3.8, 4) is 0 Å². The monoisotopic (exact) mass is 339 g/mol. The van der Waals surface area contributed by atoms with Crippen LogP contribution in [-0.4, -0.2) is 26.2 Å². The minimum Gasteiger partial charge on any atom is -0.391 e. The Morgan fingerprint density at radius 1 is 1.20 bits per heavy atom. The maximum absolute atomic E-state index is 12.2. The van der Waals surface area contributed by atoms with E-state index >= 15 is 0 Å². The summed E-state index contributed by atoms with van der Waals surface area (Å²) < 4.78 is 26.7. The topological polar surface area (TPSA) is 66.4 Å². The fourth-order valence-electron chi connectivity index (χ4n) is 2.01. The van der Waals surface area contributed by atoms with Crippen LogP contribution in [0.2, 0.25) is 10.0 Å². The second kappa shape index (κ2) is 7.61. The van der Waals surface area contributed by atoms with Crippen LogP contribution in [0, 0.1) is 5.92 Å². The molecule has 1 atom stereocenters. The third kappa shape index (κ3) is 4.33. The molecule has 7 heteroatoms. The van der Waals surface area contributed by atoms with Crippen molar-refractivity contribution in [2.24, 2.45) is 5.92 Å². The molecule has 0 aliphatic carbocycles. The molecule has 1 rings (SSSR count). The molecule has 4 nitrogen and oxygen atoms in total. The van der Waals surface area contributed by atoms with Crippen LogP contribution < -0.4 is 4.72 Å². The molecule has 0 aliphatic heterocycles. The van der Waals surface area contributed by atoms with Gasteiger partial charge in [0.2, 0.25) is 10.0 Å². The van der Waals surface area contributed by atoms with Gasteiger partial charge in [-0.25, -0.2) is 13.1 Å². The Labute approximate surface area is 130 Å². The Balaban J connectivity index is 2.86. The molecule has 1 aromatic carbocycles. The van der Waals surface area contributed by atoms with Crippen molar-refractivity contribution in [1.29, 1.82) is 0 Å². The summed E-state index contributed by atoms with van der Waals surface area (Å²) in [7, 11) is -3.84. The van der Waals surface area contributed by atoms with Gasteiger partial charge in [-0.05, 0) is 18.1 Å². The van der Waals surface area contributed by atoms with Crippen molar-refractivity contribution in [3.05, 3.63) is 28.2 Å². The Hall–Kier alpha value is -0.330. The van der Waals surface area contributed by atoms with Crippen LogP contribution in [0.3, 0.4) is 0 Å². The number of sulfonamides is 1. The number of aliphatic hydroxyl groups excluding tert-OH is 1. The number of hydrogen-bond donors (Lipinski definition) is 2. The number of benzene rings is 1. The van der Waals surface area contributed by atoms with Crippen LogP contribution in [0.4, 0.5) is 0 Å². The molecular formula is C13H19Cl2NO3S. The summed E-state index contributed by atoms with van der Waals surface area (Å²) in [5.41, 5.74) is 0. The van der Waals surface area contributed by atoms with Crippen molar-refractivity contribution < 1.29 is 13.5 Å². The molecule has 0 saturated heterocycles. The molecule has 0 fully saturated rings. The van der Waals surface area contributed by atoms with Crippen LogP contribution in [0.15, 0.2) is 23.1 Å². The van der Waals surface area contributed by atoms with E-state index in [1.807, 2.05) is 13.8 Å². The maximum atomic E-state index is 12.2. The summed E-state index contributed by atoms with van der Waals surface area (Å²) in [5.74, 6) is 0.0550.